The fraction of sp³-hybridized carbons (Fsp3) is 0.667. The van der Waals surface area contributed by atoms with Gasteiger partial charge in [0.05, 0.1) is 12.0 Å². The molecule has 0 aromatic rings. The van der Waals surface area contributed by atoms with Crippen molar-refractivity contribution < 1.29 is 14.7 Å². The number of amides is 2. The van der Waals surface area contributed by atoms with Crippen molar-refractivity contribution in [1.29, 1.82) is 0 Å². The summed E-state index contributed by atoms with van der Waals surface area (Å²) in [6, 6.07) is -0.548. The highest BCUT2D eigenvalue weighted by atomic mass is 16.4. The minimum Gasteiger partial charge on any atom is -0.481 e. The van der Waals surface area contributed by atoms with Gasteiger partial charge in [0.2, 0.25) is 0 Å². The van der Waals surface area contributed by atoms with Gasteiger partial charge in [-0.15, -0.1) is 6.42 Å². The maximum Gasteiger partial charge on any atom is 0.318 e. The molecule has 5 nitrogen and oxygen atoms in total. The van der Waals surface area contributed by atoms with E-state index in [9.17, 15) is 9.59 Å². The first kappa shape index (κ1) is 13.4. The Hall–Kier alpha value is -1.70. The van der Waals surface area contributed by atoms with E-state index in [2.05, 4.69) is 11.2 Å². The zero-order chi connectivity index (χ0) is 12.8. The molecule has 0 aromatic heterocycles. The predicted octanol–water partition coefficient (Wildman–Crippen LogP) is 0.904. The van der Waals surface area contributed by atoms with Crippen molar-refractivity contribution in [3.05, 3.63) is 0 Å². The Bertz CT molecular complexity index is 335. The van der Waals surface area contributed by atoms with Crippen LogP contribution in [0.15, 0.2) is 0 Å². The number of nitrogens with zero attached hydrogens (tertiary/aromatic N) is 1. The van der Waals surface area contributed by atoms with Gasteiger partial charge >= 0.3 is 12.0 Å². The Kier molecular flexibility index (Phi) is 4.83. The number of carbonyl (C=O) groups is 2. The first-order valence-electron chi connectivity index (χ1n) is 5.82. The molecular formula is C12H18N2O3. The van der Waals surface area contributed by atoms with Crippen molar-refractivity contribution in [3.8, 4) is 12.3 Å². The van der Waals surface area contributed by atoms with E-state index in [1.54, 1.807) is 0 Å². The Morgan fingerprint density at radius 3 is 2.88 bits per heavy atom. The lowest BCUT2D eigenvalue weighted by atomic mass is 9.99. The van der Waals surface area contributed by atoms with E-state index in [1.807, 2.05) is 6.92 Å². The van der Waals surface area contributed by atoms with E-state index in [4.69, 9.17) is 11.5 Å². The van der Waals surface area contributed by atoms with Crippen LogP contribution in [0.4, 0.5) is 4.79 Å². The monoisotopic (exact) mass is 238 g/mol. The van der Waals surface area contributed by atoms with Crippen molar-refractivity contribution in [3.63, 3.8) is 0 Å². The quantitative estimate of drug-likeness (QED) is 0.718. The maximum atomic E-state index is 11.8. The molecule has 1 heterocycles. The van der Waals surface area contributed by atoms with Crippen LogP contribution in [0.25, 0.3) is 0 Å². The van der Waals surface area contributed by atoms with E-state index in [0.717, 1.165) is 6.42 Å². The molecule has 1 aliphatic heterocycles. The molecule has 0 bridgehead atoms. The molecule has 5 heteroatoms. The highest BCUT2D eigenvalue weighted by Crippen LogP contribution is 2.16. The van der Waals surface area contributed by atoms with Crippen LogP contribution in [-0.4, -0.2) is 41.1 Å². The van der Waals surface area contributed by atoms with E-state index in [1.165, 1.54) is 4.90 Å². The zero-order valence-electron chi connectivity index (χ0n) is 9.98. The van der Waals surface area contributed by atoms with Gasteiger partial charge in [0, 0.05) is 13.1 Å². The lowest BCUT2D eigenvalue weighted by Crippen LogP contribution is -2.49. The average molecular weight is 238 g/mol. The van der Waals surface area contributed by atoms with Gasteiger partial charge in [-0.3, -0.25) is 4.79 Å². The minimum atomic E-state index is -0.841. The first-order valence-corrected chi connectivity index (χ1v) is 5.82. The van der Waals surface area contributed by atoms with Crippen LogP contribution < -0.4 is 5.32 Å². The number of carboxylic acid groups (broad SMARTS) is 1. The summed E-state index contributed by atoms with van der Waals surface area (Å²) in [4.78, 5) is 24.2. The molecule has 1 unspecified atom stereocenters. The predicted molar refractivity (Wildman–Crippen MR) is 63.4 cm³/mol. The number of likely N-dealkylation sites (tertiary alicyclic amines) is 1. The Balaban J connectivity index is 2.52. The summed E-state index contributed by atoms with van der Waals surface area (Å²) in [5.74, 6) is 1.18. The minimum absolute atomic E-state index is 0.263. The van der Waals surface area contributed by atoms with Crippen molar-refractivity contribution >= 4 is 12.0 Å². The van der Waals surface area contributed by atoms with E-state index >= 15 is 0 Å². The number of carbonyl (C=O) groups excluding carboxylic acids is 1. The molecule has 1 aliphatic rings. The largest absolute Gasteiger partial charge is 0.481 e. The Morgan fingerprint density at radius 1 is 1.65 bits per heavy atom. The molecule has 0 saturated carbocycles. The van der Waals surface area contributed by atoms with E-state index in [0.29, 0.717) is 19.4 Å². The van der Waals surface area contributed by atoms with E-state index < -0.39 is 11.9 Å². The molecule has 1 rings (SSSR count). The normalized spacial score (nSPS) is 21.4. The van der Waals surface area contributed by atoms with Crippen molar-refractivity contribution in [1.82, 2.24) is 10.2 Å². The van der Waals surface area contributed by atoms with Gasteiger partial charge in [-0.1, -0.05) is 12.8 Å². The molecule has 1 fully saturated rings. The SMILES string of the molecule is C#CC(CC)NC(=O)N1CCC[C@H](C(=O)O)C1. The Morgan fingerprint density at radius 2 is 2.35 bits per heavy atom. The van der Waals surface area contributed by atoms with Gasteiger partial charge in [-0.2, -0.15) is 0 Å². The summed E-state index contributed by atoms with van der Waals surface area (Å²) in [7, 11) is 0. The summed E-state index contributed by atoms with van der Waals surface area (Å²) < 4.78 is 0. The molecule has 2 N–H and O–H groups in total. The highest BCUT2D eigenvalue weighted by molar-refractivity contribution is 5.77. The molecule has 94 valence electrons. The molecule has 2 amide bonds. The van der Waals surface area contributed by atoms with Crippen LogP contribution in [-0.2, 0) is 4.79 Å². The molecular weight excluding hydrogens is 220 g/mol. The topological polar surface area (TPSA) is 69.6 Å². The summed E-state index contributed by atoms with van der Waals surface area (Å²) in [6.45, 7) is 2.75. The summed E-state index contributed by atoms with van der Waals surface area (Å²) >= 11 is 0. The third-order valence-electron chi connectivity index (χ3n) is 2.96. The molecule has 2 atom stereocenters. The maximum absolute atomic E-state index is 11.8. The fourth-order valence-electron chi connectivity index (χ4n) is 1.87. The molecule has 1 saturated heterocycles. The van der Waals surface area contributed by atoms with Crippen LogP contribution in [0.2, 0.25) is 0 Å². The number of rotatable bonds is 3. The van der Waals surface area contributed by atoms with Gasteiger partial charge in [0.15, 0.2) is 0 Å². The molecule has 0 aromatic carbocycles. The third-order valence-corrected chi connectivity index (χ3v) is 2.96. The zero-order valence-corrected chi connectivity index (χ0v) is 9.98. The lowest BCUT2D eigenvalue weighted by molar-refractivity contribution is -0.143. The lowest BCUT2D eigenvalue weighted by Gasteiger charge is -2.31. The van der Waals surface area contributed by atoms with Crippen molar-refractivity contribution in [2.24, 2.45) is 5.92 Å². The number of nitrogens with one attached hydrogen (secondary N) is 1. The number of carboxylic acids is 1. The van der Waals surface area contributed by atoms with E-state index in [-0.39, 0.29) is 18.6 Å². The first-order chi connectivity index (χ1) is 8.08. The van der Waals surface area contributed by atoms with Crippen molar-refractivity contribution in [2.75, 3.05) is 13.1 Å². The number of hydrogen-bond donors (Lipinski definition) is 2. The van der Waals surface area contributed by atoms with Gasteiger partial charge in [-0.05, 0) is 19.3 Å². The number of terminal acetylenes is 1. The summed E-state index contributed by atoms with van der Waals surface area (Å²) in [5.41, 5.74) is 0. The van der Waals surface area contributed by atoms with Crippen LogP contribution in [0.1, 0.15) is 26.2 Å². The second kappa shape index (κ2) is 6.14. The number of aliphatic carboxylic acids is 1. The van der Waals surface area contributed by atoms with Crippen LogP contribution >= 0.6 is 0 Å². The Labute approximate surface area is 101 Å². The second-order valence-corrected chi connectivity index (χ2v) is 4.20. The molecule has 0 spiro atoms. The van der Waals surface area contributed by atoms with Crippen LogP contribution in [0.3, 0.4) is 0 Å². The van der Waals surface area contributed by atoms with Gasteiger partial charge in [0.25, 0.3) is 0 Å². The average Bonchev–Trinajstić information content (AvgIpc) is 2.35. The fourth-order valence-corrected chi connectivity index (χ4v) is 1.87. The smallest absolute Gasteiger partial charge is 0.318 e. The standard InChI is InChI=1S/C12H18N2O3/c1-3-10(4-2)13-12(17)14-7-5-6-9(8-14)11(15)16/h1,9-10H,4-8H2,2H3,(H,13,17)(H,15,16)/t9-,10?/m0/s1. The number of hydrogen-bond acceptors (Lipinski definition) is 2. The molecule has 0 radical (unpaired) electrons. The molecule has 0 aliphatic carbocycles. The van der Waals surface area contributed by atoms with Crippen LogP contribution in [0, 0.1) is 18.3 Å². The van der Waals surface area contributed by atoms with Crippen LogP contribution in [0.5, 0.6) is 0 Å². The van der Waals surface area contributed by atoms with Gasteiger partial charge in [0.1, 0.15) is 0 Å². The highest BCUT2D eigenvalue weighted by Gasteiger charge is 2.28. The summed E-state index contributed by atoms with van der Waals surface area (Å²) in [5, 5.41) is 11.6. The number of urea groups is 1. The number of piperidine rings is 1. The second-order valence-electron chi connectivity index (χ2n) is 4.20. The van der Waals surface area contributed by atoms with Gasteiger partial charge in [-0.25, -0.2) is 4.79 Å². The van der Waals surface area contributed by atoms with Gasteiger partial charge < -0.3 is 15.3 Å². The molecule has 17 heavy (non-hydrogen) atoms. The third kappa shape index (κ3) is 3.66. The summed E-state index contributed by atoms with van der Waals surface area (Å²) in [6.07, 6.45) is 7.27. The van der Waals surface area contributed by atoms with Crippen molar-refractivity contribution in [2.45, 2.75) is 32.2 Å².